The van der Waals surface area contributed by atoms with Crippen LogP contribution >= 0.6 is 12.4 Å². The summed E-state index contributed by atoms with van der Waals surface area (Å²) >= 11 is 0. The van der Waals surface area contributed by atoms with Gasteiger partial charge in [-0.05, 0) is 19.4 Å². The minimum atomic E-state index is -3.11. The van der Waals surface area contributed by atoms with Gasteiger partial charge in [-0.25, -0.2) is 13.1 Å². The Labute approximate surface area is 112 Å². The Morgan fingerprint density at radius 3 is 2.06 bits per heavy atom. The molecule has 0 aliphatic rings. The maximum absolute atomic E-state index is 11.7. The zero-order valence-corrected chi connectivity index (χ0v) is 13.0. The van der Waals surface area contributed by atoms with Gasteiger partial charge in [0.2, 0.25) is 10.0 Å². The van der Waals surface area contributed by atoms with Crippen molar-refractivity contribution in [2.45, 2.75) is 46.6 Å². The van der Waals surface area contributed by atoms with Crippen LogP contribution in [0.5, 0.6) is 0 Å². The minimum Gasteiger partial charge on any atom is -0.313 e. The van der Waals surface area contributed by atoms with E-state index in [1.54, 1.807) is 0 Å². The highest BCUT2D eigenvalue weighted by Gasteiger charge is 2.16. The van der Waals surface area contributed by atoms with Gasteiger partial charge in [0.05, 0.1) is 5.75 Å². The van der Waals surface area contributed by atoms with Crippen molar-refractivity contribution in [2.75, 3.05) is 18.8 Å². The largest absolute Gasteiger partial charge is 0.313 e. The Bertz CT molecular complexity index is 267. The van der Waals surface area contributed by atoms with E-state index in [9.17, 15) is 8.42 Å². The van der Waals surface area contributed by atoms with Crippen molar-refractivity contribution in [3.05, 3.63) is 0 Å². The van der Waals surface area contributed by atoms with Crippen molar-refractivity contribution in [1.82, 2.24) is 10.0 Å². The molecule has 2 N–H and O–H groups in total. The molecule has 0 saturated carbocycles. The van der Waals surface area contributed by atoms with E-state index in [1.807, 2.05) is 27.7 Å². The van der Waals surface area contributed by atoms with Crippen LogP contribution in [-0.4, -0.2) is 33.3 Å². The average molecular weight is 287 g/mol. The van der Waals surface area contributed by atoms with Gasteiger partial charge in [-0.1, -0.05) is 33.6 Å². The van der Waals surface area contributed by atoms with Crippen LogP contribution in [0.1, 0.15) is 40.5 Å². The van der Waals surface area contributed by atoms with Crippen molar-refractivity contribution in [1.29, 1.82) is 0 Å². The van der Waals surface area contributed by atoms with Gasteiger partial charge in [-0.2, -0.15) is 0 Å². The van der Waals surface area contributed by atoms with Gasteiger partial charge in [-0.15, -0.1) is 12.4 Å². The van der Waals surface area contributed by atoms with E-state index in [0.717, 1.165) is 19.4 Å². The molecule has 0 aliphatic carbocycles. The third-order valence-electron chi connectivity index (χ3n) is 2.77. The van der Waals surface area contributed by atoms with E-state index >= 15 is 0 Å². The second kappa shape index (κ2) is 10.1. The lowest BCUT2D eigenvalue weighted by Crippen LogP contribution is -2.40. The molecule has 0 heterocycles. The second-order valence-electron chi connectivity index (χ2n) is 4.27. The zero-order chi connectivity index (χ0) is 12.6. The highest BCUT2D eigenvalue weighted by molar-refractivity contribution is 7.89. The monoisotopic (exact) mass is 286 g/mol. The summed E-state index contributed by atoms with van der Waals surface area (Å²) in [7, 11) is -3.11. The van der Waals surface area contributed by atoms with Gasteiger partial charge >= 0.3 is 0 Å². The summed E-state index contributed by atoms with van der Waals surface area (Å²) in [5.41, 5.74) is 0. The van der Waals surface area contributed by atoms with Crippen molar-refractivity contribution in [3.8, 4) is 0 Å². The molecular formula is C11H27ClN2O2S. The quantitative estimate of drug-likeness (QED) is 0.679. The smallest absolute Gasteiger partial charge is 0.211 e. The van der Waals surface area contributed by atoms with E-state index in [1.165, 1.54) is 0 Å². The predicted molar refractivity (Wildman–Crippen MR) is 76.2 cm³/mol. The van der Waals surface area contributed by atoms with Gasteiger partial charge in [0.25, 0.3) is 0 Å². The van der Waals surface area contributed by atoms with Crippen LogP contribution in [0.4, 0.5) is 0 Å². The predicted octanol–water partition coefficient (Wildman–Crippen LogP) is 1.76. The summed E-state index contributed by atoms with van der Waals surface area (Å²) in [5, 5.41) is 3.17. The maximum Gasteiger partial charge on any atom is 0.211 e. The van der Waals surface area contributed by atoms with Gasteiger partial charge < -0.3 is 5.32 Å². The molecule has 4 nitrogen and oxygen atoms in total. The molecule has 0 aromatic heterocycles. The summed E-state index contributed by atoms with van der Waals surface area (Å²) in [6.45, 7) is 9.38. The minimum absolute atomic E-state index is 0. The van der Waals surface area contributed by atoms with Gasteiger partial charge in [0, 0.05) is 12.6 Å². The number of hydrogen-bond acceptors (Lipinski definition) is 3. The summed E-state index contributed by atoms with van der Waals surface area (Å²) in [5.74, 6) is 0.519. The van der Waals surface area contributed by atoms with Crippen LogP contribution in [0.3, 0.4) is 0 Å². The summed E-state index contributed by atoms with van der Waals surface area (Å²) in [6.07, 6.45) is 1.83. The summed E-state index contributed by atoms with van der Waals surface area (Å²) < 4.78 is 26.1. The molecule has 6 heteroatoms. The maximum atomic E-state index is 11.7. The van der Waals surface area contributed by atoms with Gasteiger partial charge in [0.15, 0.2) is 0 Å². The fourth-order valence-electron chi connectivity index (χ4n) is 1.57. The first-order valence-corrected chi connectivity index (χ1v) is 7.81. The number of likely N-dealkylation sites (N-methyl/N-ethyl adjacent to an activating group) is 1. The normalized spacial score (nSPS) is 13.5. The van der Waals surface area contributed by atoms with E-state index in [0.29, 0.717) is 6.54 Å². The lowest BCUT2D eigenvalue weighted by atomic mass is 10.1. The fraction of sp³-hybridized carbons (Fsp3) is 1.00. The summed E-state index contributed by atoms with van der Waals surface area (Å²) in [4.78, 5) is 0. The molecule has 1 atom stereocenters. The zero-order valence-electron chi connectivity index (χ0n) is 11.3. The van der Waals surface area contributed by atoms with Crippen molar-refractivity contribution >= 4 is 22.4 Å². The highest BCUT2D eigenvalue weighted by Crippen LogP contribution is 2.09. The Hall–Kier alpha value is 0.160. The number of sulfonamides is 1. The first-order chi connectivity index (χ1) is 7.45. The Kier molecular flexibility index (Phi) is 11.6. The molecule has 0 rings (SSSR count). The molecule has 0 unspecified atom stereocenters. The fourth-order valence-corrected chi connectivity index (χ4v) is 3.28. The number of hydrogen-bond donors (Lipinski definition) is 2. The molecule has 106 valence electrons. The number of rotatable bonds is 9. The molecule has 0 spiro atoms. The molecule has 0 bridgehead atoms. The molecular weight excluding hydrogens is 260 g/mol. The molecule has 0 amide bonds. The molecule has 0 saturated heterocycles. The topological polar surface area (TPSA) is 58.2 Å². The van der Waals surface area contributed by atoms with Crippen molar-refractivity contribution < 1.29 is 8.42 Å². The van der Waals surface area contributed by atoms with Crippen molar-refractivity contribution in [3.63, 3.8) is 0 Å². The van der Waals surface area contributed by atoms with Crippen LogP contribution < -0.4 is 10.0 Å². The molecule has 17 heavy (non-hydrogen) atoms. The first-order valence-electron chi connectivity index (χ1n) is 6.15. The third kappa shape index (κ3) is 9.83. The molecule has 0 aliphatic heterocycles. The van der Waals surface area contributed by atoms with Crippen molar-refractivity contribution in [2.24, 2.45) is 5.92 Å². The third-order valence-corrected chi connectivity index (χ3v) is 4.29. The van der Waals surface area contributed by atoms with Crippen LogP contribution in [0, 0.1) is 5.92 Å². The van der Waals surface area contributed by atoms with E-state index < -0.39 is 10.0 Å². The van der Waals surface area contributed by atoms with E-state index in [4.69, 9.17) is 0 Å². The average Bonchev–Trinajstić information content (AvgIpc) is 2.24. The molecule has 0 radical (unpaired) electrons. The Balaban J connectivity index is 0. The van der Waals surface area contributed by atoms with Crippen LogP contribution in [0.15, 0.2) is 0 Å². The van der Waals surface area contributed by atoms with E-state index in [-0.39, 0.29) is 30.1 Å². The Morgan fingerprint density at radius 2 is 1.65 bits per heavy atom. The van der Waals surface area contributed by atoms with Crippen LogP contribution in [-0.2, 0) is 10.0 Å². The summed E-state index contributed by atoms with van der Waals surface area (Å²) in [6, 6.07) is 0.182. The molecule has 0 aromatic rings. The van der Waals surface area contributed by atoms with Crippen LogP contribution in [0.25, 0.3) is 0 Å². The highest BCUT2D eigenvalue weighted by atomic mass is 35.5. The number of nitrogens with one attached hydrogen (secondary N) is 2. The number of halogens is 1. The van der Waals surface area contributed by atoms with Crippen LogP contribution in [0.2, 0.25) is 0 Å². The lowest BCUT2D eigenvalue weighted by molar-refractivity contribution is 0.505. The first kappa shape index (κ1) is 19.5. The molecule has 0 aromatic carbocycles. The molecule has 0 fully saturated rings. The standard InChI is InChI=1S/C11H26N2O2S.ClH/c1-5-11(6-2)9-16(14,15)13-8-10(4)12-7-3;/h10-13H,5-9H2,1-4H3;1H/t10-;/m1./s1. The van der Waals surface area contributed by atoms with Gasteiger partial charge in [0.1, 0.15) is 0 Å². The lowest BCUT2D eigenvalue weighted by Gasteiger charge is -2.16. The van der Waals surface area contributed by atoms with E-state index in [2.05, 4.69) is 10.0 Å². The SMILES string of the molecule is CCN[C@H](C)CNS(=O)(=O)CC(CC)CC.Cl. The van der Waals surface area contributed by atoms with Gasteiger partial charge in [-0.3, -0.25) is 0 Å². The second-order valence-corrected chi connectivity index (χ2v) is 6.12. The Morgan fingerprint density at radius 1 is 1.12 bits per heavy atom.